The van der Waals surface area contributed by atoms with Crippen LogP contribution in [-0.2, 0) is 4.79 Å². The van der Waals surface area contributed by atoms with Gasteiger partial charge in [-0.05, 0) is 99.1 Å². The molecule has 0 unspecified atom stereocenters. The lowest BCUT2D eigenvalue weighted by molar-refractivity contribution is -0.113. The van der Waals surface area contributed by atoms with Crippen molar-refractivity contribution in [3.63, 3.8) is 0 Å². The Balaban J connectivity index is 1.59. The van der Waals surface area contributed by atoms with E-state index in [1.165, 1.54) is 17.4 Å². The van der Waals surface area contributed by atoms with E-state index in [2.05, 4.69) is 43.9 Å². The van der Waals surface area contributed by atoms with Crippen molar-refractivity contribution in [3.8, 4) is 0 Å². The van der Waals surface area contributed by atoms with Gasteiger partial charge in [-0.25, -0.2) is 4.99 Å². The highest BCUT2D eigenvalue weighted by atomic mass is 35.5. The molecular weight excluding hydrogens is 520 g/mol. The van der Waals surface area contributed by atoms with Gasteiger partial charge in [-0.3, -0.25) is 9.69 Å². The summed E-state index contributed by atoms with van der Waals surface area (Å²) in [5, 5.41) is 2.22. The van der Waals surface area contributed by atoms with E-state index in [1.54, 1.807) is 16.7 Å². The summed E-state index contributed by atoms with van der Waals surface area (Å²) in [7, 11) is 1.98. The fourth-order valence-corrected chi connectivity index (χ4v) is 7.03. The van der Waals surface area contributed by atoms with E-state index < -0.39 is 0 Å². The van der Waals surface area contributed by atoms with Gasteiger partial charge in [0.2, 0.25) is 0 Å². The third-order valence-corrected chi connectivity index (χ3v) is 9.18. The number of carbonyl (C=O) groups is 1. The summed E-state index contributed by atoms with van der Waals surface area (Å²) < 4.78 is 0. The summed E-state index contributed by atoms with van der Waals surface area (Å²) in [6, 6.07) is 20.2. The van der Waals surface area contributed by atoms with Crippen LogP contribution in [0.4, 0.5) is 22.7 Å². The van der Waals surface area contributed by atoms with Crippen molar-refractivity contribution in [2.75, 3.05) is 34.8 Å². The van der Waals surface area contributed by atoms with E-state index in [0.717, 1.165) is 51.2 Å². The highest BCUT2D eigenvalue weighted by molar-refractivity contribution is 8.20. The molecule has 0 aromatic heterocycles. The molecule has 0 saturated carbocycles. The number of amides is 1. The van der Waals surface area contributed by atoms with Crippen LogP contribution in [-0.4, -0.2) is 31.2 Å². The third-order valence-electron chi connectivity index (χ3n) is 6.55. The van der Waals surface area contributed by atoms with E-state index in [-0.39, 0.29) is 5.91 Å². The molecular formula is C29H29ClN4OS2. The predicted molar refractivity (Wildman–Crippen MR) is 161 cm³/mol. The minimum absolute atomic E-state index is 0.0694. The molecule has 37 heavy (non-hydrogen) atoms. The second-order valence-corrected chi connectivity index (χ2v) is 11.5. The van der Waals surface area contributed by atoms with Crippen molar-refractivity contribution in [1.82, 2.24) is 0 Å². The van der Waals surface area contributed by atoms with Crippen LogP contribution in [0.25, 0.3) is 0 Å². The normalized spacial score (nSPS) is 18.2. The third kappa shape index (κ3) is 4.88. The highest BCUT2D eigenvalue weighted by Gasteiger charge is 2.40. The Labute approximate surface area is 232 Å². The molecule has 3 aromatic carbocycles. The Bertz CT molecular complexity index is 1450. The van der Waals surface area contributed by atoms with Crippen molar-refractivity contribution >= 4 is 68.9 Å². The first-order valence-electron chi connectivity index (χ1n) is 12.3. The van der Waals surface area contributed by atoms with Crippen LogP contribution < -0.4 is 14.7 Å². The molecule has 0 radical (unpaired) electrons. The molecule has 0 aliphatic carbocycles. The van der Waals surface area contributed by atoms with E-state index in [9.17, 15) is 4.79 Å². The fraction of sp³-hybridized carbons (Fsp3) is 0.241. The molecule has 2 aliphatic rings. The highest BCUT2D eigenvalue weighted by Crippen LogP contribution is 2.51. The number of amidine groups is 1. The maximum Gasteiger partial charge on any atom is 0.274 e. The molecule has 2 heterocycles. The molecule has 0 atom stereocenters. The van der Waals surface area contributed by atoms with Gasteiger partial charge < -0.3 is 9.80 Å². The molecule has 5 rings (SSSR count). The van der Waals surface area contributed by atoms with Crippen LogP contribution in [0.1, 0.15) is 25.0 Å². The number of carbonyl (C=O) groups excluding carboxylic acids is 1. The van der Waals surface area contributed by atoms with Crippen molar-refractivity contribution in [2.24, 2.45) is 4.99 Å². The maximum atomic E-state index is 14.0. The van der Waals surface area contributed by atoms with Gasteiger partial charge in [0.25, 0.3) is 5.91 Å². The van der Waals surface area contributed by atoms with Crippen molar-refractivity contribution in [3.05, 3.63) is 86.7 Å². The molecule has 5 nitrogen and oxygen atoms in total. The molecule has 1 fully saturated rings. The number of hydrogen-bond donors (Lipinski definition) is 0. The predicted octanol–water partition coefficient (Wildman–Crippen LogP) is 7.98. The summed E-state index contributed by atoms with van der Waals surface area (Å²) in [5.41, 5.74) is 6.02. The lowest BCUT2D eigenvalue weighted by Gasteiger charge is -2.22. The molecule has 0 spiro atoms. The van der Waals surface area contributed by atoms with E-state index >= 15 is 0 Å². The Hall–Kier alpha value is -2.87. The molecule has 2 aliphatic heterocycles. The first-order valence-corrected chi connectivity index (χ1v) is 14.3. The molecule has 0 N–H and O–H groups in total. The van der Waals surface area contributed by atoms with Crippen LogP contribution >= 0.6 is 35.1 Å². The average Bonchev–Trinajstić information content (AvgIpc) is 3.37. The van der Waals surface area contributed by atoms with Gasteiger partial charge in [-0.1, -0.05) is 35.5 Å². The summed E-state index contributed by atoms with van der Waals surface area (Å²) in [5.74, 6) is -0.0694. The number of aryl methyl sites for hydroxylation is 2. The number of nitrogens with zero attached hydrogens (tertiary/aromatic N) is 4. The van der Waals surface area contributed by atoms with E-state index in [1.807, 2.05) is 61.3 Å². The minimum atomic E-state index is -0.0694. The summed E-state index contributed by atoms with van der Waals surface area (Å²) >= 11 is 9.29. The quantitative estimate of drug-likeness (QED) is 0.302. The van der Waals surface area contributed by atoms with Crippen molar-refractivity contribution < 1.29 is 4.79 Å². The fourth-order valence-electron chi connectivity index (χ4n) is 4.54. The zero-order chi connectivity index (χ0) is 26.3. The van der Waals surface area contributed by atoms with Gasteiger partial charge >= 0.3 is 0 Å². The van der Waals surface area contributed by atoms with Crippen LogP contribution in [0, 0.1) is 13.8 Å². The van der Waals surface area contributed by atoms with Gasteiger partial charge in [-0.15, -0.1) is 0 Å². The van der Waals surface area contributed by atoms with Crippen LogP contribution in [0.2, 0.25) is 5.02 Å². The number of hydrogen-bond acceptors (Lipinski definition) is 6. The second-order valence-electron chi connectivity index (χ2n) is 9.03. The smallest absolute Gasteiger partial charge is 0.274 e. The Kier molecular flexibility index (Phi) is 7.30. The van der Waals surface area contributed by atoms with Crippen LogP contribution in [0.3, 0.4) is 0 Å². The number of benzene rings is 3. The molecule has 1 saturated heterocycles. The Morgan fingerprint density at radius 1 is 0.973 bits per heavy atom. The SMILES string of the molecule is CCN(CC)c1ccc(N=C2S/C(=C3\Sc4ccc(Cl)cc4N3C)C(=O)N2c2cccc(C)c2)c(C)c1. The number of thioether (sulfide) groups is 2. The largest absolute Gasteiger partial charge is 0.372 e. The Morgan fingerprint density at radius 2 is 1.76 bits per heavy atom. The second kappa shape index (κ2) is 10.5. The van der Waals surface area contributed by atoms with Crippen LogP contribution in [0.5, 0.6) is 0 Å². The maximum absolute atomic E-state index is 14.0. The first kappa shape index (κ1) is 25.8. The monoisotopic (exact) mass is 548 g/mol. The Morgan fingerprint density at radius 3 is 2.46 bits per heavy atom. The lowest BCUT2D eigenvalue weighted by Crippen LogP contribution is -2.29. The van der Waals surface area contributed by atoms with Crippen LogP contribution in [0.15, 0.2) is 80.5 Å². The van der Waals surface area contributed by atoms with Crippen molar-refractivity contribution in [2.45, 2.75) is 32.6 Å². The average molecular weight is 549 g/mol. The van der Waals surface area contributed by atoms with Gasteiger partial charge in [0.15, 0.2) is 5.17 Å². The topological polar surface area (TPSA) is 39.1 Å². The van der Waals surface area contributed by atoms with E-state index in [0.29, 0.717) is 15.1 Å². The van der Waals surface area contributed by atoms with Crippen molar-refractivity contribution in [1.29, 1.82) is 0 Å². The van der Waals surface area contributed by atoms with Gasteiger partial charge in [0.05, 0.1) is 22.1 Å². The number of halogens is 1. The van der Waals surface area contributed by atoms with E-state index in [4.69, 9.17) is 16.6 Å². The van der Waals surface area contributed by atoms with Gasteiger partial charge in [-0.2, -0.15) is 0 Å². The summed E-state index contributed by atoms with van der Waals surface area (Å²) in [4.78, 5) is 26.9. The summed E-state index contributed by atoms with van der Waals surface area (Å²) in [6.45, 7) is 10.3. The zero-order valence-corrected chi connectivity index (χ0v) is 24.0. The molecule has 190 valence electrons. The standard InChI is InChI=1S/C29H29ClN4OS2/c1-6-33(7-2)21-12-13-23(19(4)16-21)31-29-34(22-10-8-9-18(3)15-22)27(35)26(37-29)28-32(5)24-17-20(30)11-14-25(24)36-28/h8-17H,6-7H2,1-5H3/b28-26-,31-29?. The minimum Gasteiger partial charge on any atom is -0.372 e. The molecule has 1 amide bonds. The van der Waals surface area contributed by atoms with Gasteiger partial charge in [0, 0.05) is 35.7 Å². The first-order chi connectivity index (χ1) is 17.8. The van der Waals surface area contributed by atoms with Gasteiger partial charge in [0.1, 0.15) is 4.91 Å². The summed E-state index contributed by atoms with van der Waals surface area (Å²) in [6.07, 6.45) is 0. The zero-order valence-electron chi connectivity index (χ0n) is 21.6. The number of aliphatic imine (C=N–C) groups is 1. The molecule has 8 heteroatoms. The number of anilines is 3. The lowest BCUT2D eigenvalue weighted by atomic mass is 10.1. The number of rotatable bonds is 5. The molecule has 3 aromatic rings. The number of fused-ring (bicyclic) bond motifs is 1. The molecule has 0 bridgehead atoms.